The summed E-state index contributed by atoms with van der Waals surface area (Å²) in [5.41, 5.74) is 3.16. The second-order valence-corrected chi connectivity index (χ2v) is 11.7. The number of hydrogen-bond donors (Lipinski definition) is 1. The monoisotopic (exact) mass is 527 g/mol. The summed E-state index contributed by atoms with van der Waals surface area (Å²) in [6.07, 6.45) is 11.9. The van der Waals surface area contributed by atoms with Crippen molar-refractivity contribution in [2.45, 2.75) is 75.7 Å². The van der Waals surface area contributed by atoms with Gasteiger partial charge in [0.25, 0.3) is 0 Å². The van der Waals surface area contributed by atoms with Gasteiger partial charge in [-0.2, -0.15) is 10.4 Å². The van der Waals surface area contributed by atoms with E-state index >= 15 is 0 Å². The highest BCUT2D eigenvalue weighted by Crippen LogP contribution is 2.38. The van der Waals surface area contributed by atoms with Crippen LogP contribution in [0.15, 0.2) is 36.8 Å². The van der Waals surface area contributed by atoms with Crippen LogP contribution in [-0.2, 0) is 0 Å². The van der Waals surface area contributed by atoms with Gasteiger partial charge in [-0.15, -0.1) is 0 Å². The van der Waals surface area contributed by atoms with E-state index in [1.165, 1.54) is 25.8 Å². The van der Waals surface area contributed by atoms with Crippen molar-refractivity contribution in [3.63, 3.8) is 0 Å². The summed E-state index contributed by atoms with van der Waals surface area (Å²) in [6.45, 7) is 7.06. The average molecular weight is 528 g/mol. The SMILES string of the molecule is CCCN1C2CC1CN(c1ccc(-c3cc(OCCCN4C5CCC4C(O)C5)cn4ncc(C#N)c34)cn1)C2. The van der Waals surface area contributed by atoms with E-state index in [-0.39, 0.29) is 6.10 Å². The Morgan fingerprint density at radius 2 is 1.95 bits per heavy atom. The number of rotatable bonds is 9. The second-order valence-electron chi connectivity index (χ2n) is 11.7. The third-order valence-corrected chi connectivity index (χ3v) is 9.39. The van der Waals surface area contributed by atoms with Gasteiger partial charge in [0.2, 0.25) is 0 Å². The van der Waals surface area contributed by atoms with E-state index in [0.29, 0.717) is 36.3 Å². The van der Waals surface area contributed by atoms with Gasteiger partial charge in [0.15, 0.2) is 0 Å². The van der Waals surface area contributed by atoms with Crippen LogP contribution < -0.4 is 9.64 Å². The van der Waals surface area contributed by atoms with Gasteiger partial charge in [0.05, 0.1) is 36.2 Å². The number of hydrogen-bond acceptors (Lipinski definition) is 8. The molecule has 0 aliphatic carbocycles. The van der Waals surface area contributed by atoms with Crippen LogP contribution in [0.25, 0.3) is 16.6 Å². The molecule has 0 amide bonds. The van der Waals surface area contributed by atoms with Gasteiger partial charge >= 0.3 is 0 Å². The number of piperidine rings is 1. The summed E-state index contributed by atoms with van der Waals surface area (Å²) in [4.78, 5) is 12.4. The molecule has 5 unspecified atom stereocenters. The predicted octanol–water partition coefficient (Wildman–Crippen LogP) is 3.31. The van der Waals surface area contributed by atoms with Gasteiger partial charge in [0.1, 0.15) is 17.6 Å². The van der Waals surface area contributed by atoms with Gasteiger partial charge in [-0.3, -0.25) is 9.80 Å². The zero-order valence-corrected chi connectivity index (χ0v) is 22.6. The Hall–Kier alpha value is -3.19. The van der Waals surface area contributed by atoms with Crippen molar-refractivity contribution in [3.05, 3.63) is 42.4 Å². The highest BCUT2D eigenvalue weighted by molar-refractivity contribution is 5.85. The number of nitrogens with zero attached hydrogens (tertiary/aromatic N) is 7. The quantitative estimate of drug-likeness (QED) is 0.424. The molecule has 5 atom stereocenters. The average Bonchev–Trinajstić information content (AvgIpc) is 3.65. The Labute approximate surface area is 229 Å². The number of anilines is 1. The van der Waals surface area contributed by atoms with Crippen LogP contribution in [0.2, 0.25) is 0 Å². The first-order valence-corrected chi connectivity index (χ1v) is 14.6. The zero-order chi connectivity index (χ0) is 26.5. The predicted molar refractivity (Wildman–Crippen MR) is 149 cm³/mol. The van der Waals surface area contributed by atoms with Crippen molar-refractivity contribution < 1.29 is 9.84 Å². The number of aliphatic hydroxyl groups excluding tert-OH is 1. The second kappa shape index (κ2) is 10.1. The van der Waals surface area contributed by atoms with Crippen LogP contribution in [0.1, 0.15) is 51.0 Å². The van der Waals surface area contributed by atoms with Crippen molar-refractivity contribution in [1.82, 2.24) is 24.4 Å². The molecule has 5 aliphatic heterocycles. The van der Waals surface area contributed by atoms with E-state index in [2.05, 4.69) is 44.9 Å². The first-order valence-electron chi connectivity index (χ1n) is 14.6. The number of nitriles is 1. The summed E-state index contributed by atoms with van der Waals surface area (Å²) in [6, 6.07) is 10.7. The molecule has 0 saturated carbocycles. The molecule has 5 saturated heterocycles. The first-order chi connectivity index (χ1) is 19.1. The number of aromatic nitrogens is 3. The normalized spacial score (nSPS) is 28.1. The van der Waals surface area contributed by atoms with E-state index in [1.807, 2.05) is 18.5 Å². The third kappa shape index (κ3) is 4.35. The molecule has 4 bridgehead atoms. The van der Waals surface area contributed by atoms with Gasteiger partial charge in [-0.05, 0) is 63.3 Å². The van der Waals surface area contributed by atoms with Gasteiger partial charge in [0, 0.05) is 61.1 Å². The number of pyridine rings is 2. The minimum absolute atomic E-state index is 0.167. The Bertz CT molecular complexity index is 1370. The summed E-state index contributed by atoms with van der Waals surface area (Å²) < 4.78 is 7.94. The van der Waals surface area contributed by atoms with Gasteiger partial charge in [-0.1, -0.05) is 6.92 Å². The molecule has 3 aromatic heterocycles. The fourth-order valence-corrected chi connectivity index (χ4v) is 7.56. The molecule has 8 rings (SSSR count). The van der Waals surface area contributed by atoms with Crippen molar-refractivity contribution in [2.24, 2.45) is 0 Å². The van der Waals surface area contributed by atoms with E-state index < -0.39 is 0 Å². The summed E-state index contributed by atoms with van der Waals surface area (Å²) in [5, 5.41) is 24.4. The van der Waals surface area contributed by atoms with Crippen LogP contribution in [-0.4, -0.2) is 92.6 Å². The summed E-state index contributed by atoms with van der Waals surface area (Å²) >= 11 is 0. The molecule has 204 valence electrons. The Balaban J connectivity index is 1.06. The Kier molecular flexibility index (Phi) is 6.42. The summed E-state index contributed by atoms with van der Waals surface area (Å²) in [7, 11) is 0. The number of aliphatic hydroxyl groups is 1. The van der Waals surface area contributed by atoms with E-state index in [0.717, 1.165) is 67.1 Å². The van der Waals surface area contributed by atoms with Crippen molar-refractivity contribution >= 4 is 11.3 Å². The fourth-order valence-electron chi connectivity index (χ4n) is 7.56. The number of ether oxygens (including phenoxy) is 1. The highest BCUT2D eigenvalue weighted by Gasteiger charge is 2.45. The van der Waals surface area contributed by atoms with Crippen LogP contribution >= 0.6 is 0 Å². The maximum Gasteiger partial charge on any atom is 0.138 e. The minimum atomic E-state index is -0.167. The lowest BCUT2D eigenvalue weighted by Gasteiger charge is -2.56. The molecule has 39 heavy (non-hydrogen) atoms. The molecule has 0 radical (unpaired) electrons. The highest BCUT2D eigenvalue weighted by atomic mass is 16.5. The molecule has 0 spiro atoms. The molecule has 5 aliphatic rings. The fraction of sp³-hybridized carbons (Fsp3) is 0.567. The van der Waals surface area contributed by atoms with E-state index in [1.54, 1.807) is 10.7 Å². The molecule has 1 N–H and O–H groups in total. The molecule has 8 heterocycles. The smallest absolute Gasteiger partial charge is 0.138 e. The van der Waals surface area contributed by atoms with Crippen LogP contribution in [0.4, 0.5) is 5.82 Å². The topological polar surface area (TPSA) is 93.2 Å². The molecule has 3 aromatic rings. The van der Waals surface area contributed by atoms with Crippen molar-refractivity contribution in [3.8, 4) is 22.9 Å². The van der Waals surface area contributed by atoms with Gasteiger partial charge < -0.3 is 14.7 Å². The number of piperazine rings is 1. The molecular weight excluding hydrogens is 490 g/mol. The summed E-state index contributed by atoms with van der Waals surface area (Å²) in [5.74, 6) is 1.74. The Morgan fingerprint density at radius 3 is 2.64 bits per heavy atom. The maximum atomic E-state index is 10.2. The lowest BCUT2D eigenvalue weighted by Crippen LogP contribution is -2.68. The largest absolute Gasteiger partial charge is 0.492 e. The third-order valence-electron chi connectivity index (χ3n) is 9.39. The Morgan fingerprint density at radius 1 is 1.08 bits per heavy atom. The molecule has 9 heteroatoms. The van der Waals surface area contributed by atoms with Crippen LogP contribution in [0, 0.1) is 11.3 Å². The van der Waals surface area contributed by atoms with Gasteiger partial charge in [-0.25, -0.2) is 9.50 Å². The van der Waals surface area contributed by atoms with E-state index in [4.69, 9.17) is 9.72 Å². The molecule has 0 aromatic carbocycles. The first kappa shape index (κ1) is 24.8. The van der Waals surface area contributed by atoms with E-state index in [9.17, 15) is 10.4 Å². The van der Waals surface area contributed by atoms with Crippen LogP contribution in [0.3, 0.4) is 0 Å². The van der Waals surface area contributed by atoms with Crippen molar-refractivity contribution in [2.75, 3.05) is 37.7 Å². The molecular formula is C30H37N7O2. The minimum Gasteiger partial charge on any atom is -0.492 e. The molecule has 5 fully saturated rings. The number of fused-ring (bicyclic) bond motifs is 5. The maximum absolute atomic E-state index is 10.2. The van der Waals surface area contributed by atoms with Crippen LogP contribution in [0.5, 0.6) is 5.75 Å². The molecule has 9 nitrogen and oxygen atoms in total. The lowest BCUT2D eigenvalue weighted by atomic mass is 9.87. The standard InChI is InChI=1S/C30H37N7O2/c1-2-8-35-23-11-24(35)18-34(17-23)29-7-4-20(15-32-29)26-13-25(19-37-30(26)21(14-31)16-33-37)39-10-3-9-36-22-5-6-27(36)28(38)12-22/h4,7,13,15-16,19,22-24,27-28,38H,2-3,5-6,8-12,17-18H2,1H3. The lowest BCUT2D eigenvalue weighted by molar-refractivity contribution is -0.000558. The zero-order valence-electron chi connectivity index (χ0n) is 22.6. The van der Waals surface area contributed by atoms with Crippen molar-refractivity contribution in [1.29, 1.82) is 5.26 Å².